The average molecular weight is 282 g/mol. The Morgan fingerprint density at radius 1 is 1.42 bits per heavy atom. The van der Waals surface area contributed by atoms with Gasteiger partial charge in [0.1, 0.15) is 0 Å². The molecule has 0 atom stereocenters. The maximum atomic E-state index is 11.7. The summed E-state index contributed by atoms with van der Waals surface area (Å²) in [6.07, 6.45) is 0. The molecule has 1 aromatic carbocycles. The van der Waals surface area contributed by atoms with E-state index in [2.05, 4.69) is 5.32 Å². The van der Waals surface area contributed by atoms with Gasteiger partial charge in [-0.2, -0.15) is 0 Å². The molecule has 1 N–H and O–H groups in total. The van der Waals surface area contributed by atoms with Crippen molar-refractivity contribution in [3.63, 3.8) is 0 Å². The highest BCUT2D eigenvalue weighted by Gasteiger charge is 2.15. The molecule has 0 aliphatic rings. The van der Waals surface area contributed by atoms with E-state index >= 15 is 0 Å². The van der Waals surface area contributed by atoms with Crippen molar-refractivity contribution in [3.05, 3.63) is 33.9 Å². The highest BCUT2D eigenvalue weighted by atomic mass is 32.2. The largest absolute Gasteiger partial charge is 0.325 e. The van der Waals surface area contributed by atoms with Crippen LogP contribution in [0.15, 0.2) is 18.2 Å². The lowest BCUT2D eigenvalue weighted by atomic mass is 10.2. The van der Waals surface area contributed by atoms with Crippen LogP contribution in [0.5, 0.6) is 0 Å². The van der Waals surface area contributed by atoms with Crippen molar-refractivity contribution in [2.75, 3.05) is 11.1 Å². The Bertz CT molecular complexity index is 495. The smallest absolute Gasteiger partial charge is 0.274 e. The van der Waals surface area contributed by atoms with Gasteiger partial charge in [-0.05, 0) is 13.0 Å². The summed E-state index contributed by atoms with van der Waals surface area (Å²) >= 11 is 1.53. The summed E-state index contributed by atoms with van der Waals surface area (Å²) in [6, 6.07) is 4.68. The van der Waals surface area contributed by atoms with Gasteiger partial charge in [0.15, 0.2) is 0 Å². The first-order chi connectivity index (χ1) is 8.69. The summed E-state index contributed by atoms with van der Waals surface area (Å²) in [4.78, 5) is 22.1. The molecular weight excluding hydrogens is 264 g/mol. The first kappa shape index (κ1) is 15.5. The van der Waals surface area contributed by atoms with Crippen LogP contribution >= 0.6 is 11.8 Å². The van der Waals surface area contributed by atoms with E-state index in [9.17, 15) is 14.9 Å². The van der Waals surface area contributed by atoms with Gasteiger partial charge in [-0.25, -0.2) is 0 Å². The molecule has 0 aliphatic heterocycles. The lowest BCUT2D eigenvalue weighted by molar-refractivity contribution is -0.385. The van der Waals surface area contributed by atoms with E-state index < -0.39 is 4.92 Å². The molecule has 0 saturated heterocycles. The van der Waals surface area contributed by atoms with Crippen molar-refractivity contribution < 1.29 is 9.72 Å². The predicted octanol–water partition coefficient (Wildman–Crippen LogP) is 3.37. The summed E-state index contributed by atoms with van der Waals surface area (Å²) in [6.45, 7) is 7.75. The van der Waals surface area contributed by atoms with Crippen LogP contribution in [0.25, 0.3) is 0 Å². The van der Waals surface area contributed by atoms with Gasteiger partial charge >= 0.3 is 0 Å². The Balaban J connectivity index is 2.70. The third-order valence-electron chi connectivity index (χ3n) is 2.33. The number of nitro groups is 1. The number of carbonyl (C=O) groups is 1. The summed E-state index contributed by atoms with van der Waals surface area (Å²) in [7, 11) is 0. The van der Waals surface area contributed by atoms with Gasteiger partial charge in [0.2, 0.25) is 5.91 Å². The Morgan fingerprint density at radius 2 is 2.05 bits per heavy atom. The maximum absolute atomic E-state index is 11.7. The zero-order valence-corrected chi connectivity index (χ0v) is 12.3. The zero-order chi connectivity index (χ0) is 14.6. The van der Waals surface area contributed by atoms with Gasteiger partial charge in [-0.15, -0.1) is 11.8 Å². The van der Waals surface area contributed by atoms with Crippen LogP contribution in [0.4, 0.5) is 11.4 Å². The molecule has 0 spiro atoms. The lowest BCUT2D eigenvalue weighted by Gasteiger charge is -2.17. The molecule has 1 aromatic rings. The second-order valence-electron chi connectivity index (χ2n) is 5.21. The van der Waals surface area contributed by atoms with Crippen molar-refractivity contribution in [2.45, 2.75) is 32.4 Å². The Morgan fingerprint density at radius 3 is 2.58 bits per heavy atom. The fourth-order valence-electron chi connectivity index (χ4n) is 1.36. The van der Waals surface area contributed by atoms with E-state index in [1.807, 2.05) is 20.8 Å². The third kappa shape index (κ3) is 5.30. The standard InChI is InChI=1S/C13H18N2O3S/c1-9-5-6-10(7-11(9)15(17)18)14-12(16)8-19-13(2,3)4/h5-7H,8H2,1-4H3,(H,14,16). The van der Waals surface area contributed by atoms with E-state index in [0.717, 1.165) is 0 Å². The van der Waals surface area contributed by atoms with Gasteiger partial charge in [0.05, 0.1) is 10.7 Å². The molecule has 0 radical (unpaired) electrons. The topological polar surface area (TPSA) is 72.2 Å². The number of aryl methyl sites for hydroxylation is 1. The molecule has 0 heterocycles. The quantitative estimate of drug-likeness (QED) is 0.678. The van der Waals surface area contributed by atoms with Gasteiger partial charge in [-0.1, -0.05) is 26.8 Å². The van der Waals surface area contributed by atoms with Crippen molar-refractivity contribution in [3.8, 4) is 0 Å². The van der Waals surface area contributed by atoms with Crippen LogP contribution in [0.1, 0.15) is 26.3 Å². The molecule has 5 nitrogen and oxygen atoms in total. The minimum atomic E-state index is -0.450. The fourth-order valence-corrected chi connectivity index (χ4v) is 2.00. The summed E-state index contributed by atoms with van der Waals surface area (Å²) in [5.41, 5.74) is 1.05. The molecule has 0 bridgehead atoms. The summed E-state index contributed by atoms with van der Waals surface area (Å²) in [5, 5.41) is 13.5. The molecule has 1 amide bonds. The number of thioether (sulfide) groups is 1. The van der Waals surface area contributed by atoms with Crippen LogP contribution < -0.4 is 5.32 Å². The lowest BCUT2D eigenvalue weighted by Crippen LogP contribution is -2.19. The van der Waals surface area contributed by atoms with E-state index in [1.165, 1.54) is 17.8 Å². The second kappa shape index (κ2) is 6.06. The fraction of sp³-hybridized carbons (Fsp3) is 0.462. The van der Waals surface area contributed by atoms with E-state index in [0.29, 0.717) is 17.0 Å². The number of nitrogens with zero attached hydrogens (tertiary/aromatic N) is 1. The average Bonchev–Trinajstić information content (AvgIpc) is 2.28. The Hall–Kier alpha value is -1.56. The number of rotatable bonds is 4. The molecule has 1 rings (SSSR count). The van der Waals surface area contributed by atoms with Crippen molar-refractivity contribution >= 4 is 29.0 Å². The molecular formula is C13H18N2O3S. The molecule has 6 heteroatoms. The van der Waals surface area contributed by atoms with Crippen molar-refractivity contribution in [1.82, 2.24) is 0 Å². The summed E-state index contributed by atoms with van der Waals surface area (Å²) in [5.74, 6) is 0.170. The Kier molecular flexibility index (Phi) is 4.94. The molecule has 0 fully saturated rings. The molecule has 104 valence electrons. The number of carbonyl (C=O) groups excluding carboxylic acids is 1. The number of benzene rings is 1. The van der Waals surface area contributed by atoms with Gasteiger partial charge in [0.25, 0.3) is 5.69 Å². The van der Waals surface area contributed by atoms with E-state index in [-0.39, 0.29) is 16.3 Å². The SMILES string of the molecule is Cc1ccc(NC(=O)CSC(C)(C)C)cc1[N+](=O)[O-]. The highest BCUT2D eigenvalue weighted by Crippen LogP contribution is 2.24. The number of amides is 1. The van der Waals surface area contributed by atoms with E-state index in [1.54, 1.807) is 19.1 Å². The Labute approximate surface area is 116 Å². The summed E-state index contributed by atoms with van der Waals surface area (Å²) < 4.78 is 0.0105. The molecule has 0 unspecified atom stereocenters. The van der Waals surface area contributed by atoms with Gasteiger partial charge in [-0.3, -0.25) is 14.9 Å². The monoisotopic (exact) mass is 282 g/mol. The predicted molar refractivity (Wildman–Crippen MR) is 78.7 cm³/mol. The molecule has 0 aliphatic carbocycles. The number of hydrogen-bond acceptors (Lipinski definition) is 4. The number of hydrogen-bond donors (Lipinski definition) is 1. The first-order valence-electron chi connectivity index (χ1n) is 5.88. The molecule has 0 aromatic heterocycles. The number of nitro benzene ring substituents is 1. The normalized spacial score (nSPS) is 11.2. The van der Waals surface area contributed by atoms with Gasteiger partial charge < -0.3 is 5.32 Å². The maximum Gasteiger partial charge on any atom is 0.274 e. The van der Waals surface area contributed by atoms with E-state index in [4.69, 9.17) is 0 Å². The van der Waals surface area contributed by atoms with Crippen LogP contribution in [0, 0.1) is 17.0 Å². The van der Waals surface area contributed by atoms with Crippen LogP contribution in [-0.4, -0.2) is 21.3 Å². The second-order valence-corrected chi connectivity index (χ2v) is 7.01. The molecule has 19 heavy (non-hydrogen) atoms. The van der Waals surface area contributed by atoms with Crippen molar-refractivity contribution in [1.29, 1.82) is 0 Å². The first-order valence-corrected chi connectivity index (χ1v) is 6.86. The number of anilines is 1. The van der Waals surface area contributed by atoms with Gasteiger partial charge in [0, 0.05) is 22.1 Å². The minimum absolute atomic E-state index is 0.0105. The highest BCUT2D eigenvalue weighted by molar-refractivity contribution is 8.01. The number of nitrogens with one attached hydrogen (secondary N) is 1. The van der Waals surface area contributed by atoms with Crippen LogP contribution in [0.3, 0.4) is 0 Å². The zero-order valence-electron chi connectivity index (χ0n) is 11.5. The van der Waals surface area contributed by atoms with Crippen molar-refractivity contribution in [2.24, 2.45) is 0 Å². The van der Waals surface area contributed by atoms with Crippen LogP contribution in [0.2, 0.25) is 0 Å². The van der Waals surface area contributed by atoms with Crippen LogP contribution in [-0.2, 0) is 4.79 Å². The molecule has 0 saturated carbocycles. The third-order valence-corrected chi connectivity index (χ3v) is 3.60. The minimum Gasteiger partial charge on any atom is -0.325 e.